The molecule has 2 amide bonds. The molecule has 7 nitrogen and oxygen atoms in total. The molecule has 0 spiro atoms. The van der Waals surface area contributed by atoms with Crippen molar-refractivity contribution in [2.75, 3.05) is 17.1 Å². The number of nitrogens with one attached hydrogen (secondary N) is 1. The van der Waals surface area contributed by atoms with E-state index in [2.05, 4.69) is 5.32 Å². The summed E-state index contributed by atoms with van der Waals surface area (Å²) in [5, 5.41) is 2.99. The quantitative estimate of drug-likeness (QED) is 0.277. The molecule has 1 N–H and O–H groups in total. The Morgan fingerprint density at radius 1 is 0.878 bits per heavy atom. The highest BCUT2D eigenvalue weighted by molar-refractivity contribution is 7.98. The summed E-state index contributed by atoms with van der Waals surface area (Å²) in [6, 6.07) is 20.6. The summed E-state index contributed by atoms with van der Waals surface area (Å²) in [6.45, 7) is 11.1. The van der Waals surface area contributed by atoms with E-state index in [0.717, 1.165) is 25.9 Å². The van der Waals surface area contributed by atoms with Crippen molar-refractivity contribution in [3.63, 3.8) is 0 Å². The van der Waals surface area contributed by atoms with Crippen LogP contribution < -0.4 is 9.62 Å². The number of anilines is 1. The lowest BCUT2D eigenvalue weighted by Gasteiger charge is -2.34. The Morgan fingerprint density at radius 2 is 1.41 bits per heavy atom. The maximum Gasteiger partial charge on any atom is 0.264 e. The molecule has 3 aromatic carbocycles. The number of rotatable bonds is 11. The Labute approximate surface area is 249 Å². The van der Waals surface area contributed by atoms with E-state index in [9.17, 15) is 18.0 Å². The lowest BCUT2D eigenvalue weighted by atomic mass is 10.1. The molecule has 0 radical (unpaired) electrons. The summed E-state index contributed by atoms with van der Waals surface area (Å²) in [4.78, 5) is 30.1. The number of thioether (sulfide) groups is 1. The van der Waals surface area contributed by atoms with Gasteiger partial charge in [-0.2, -0.15) is 0 Å². The van der Waals surface area contributed by atoms with E-state index >= 15 is 0 Å². The molecule has 0 heterocycles. The predicted molar refractivity (Wildman–Crippen MR) is 168 cm³/mol. The Balaban J connectivity index is 2.06. The molecule has 3 rings (SSSR count). The number of carbonyl (C=O) groups excluding carboxylic acids is 2. The Hall–Kier alpha value is -3.30. The summed E-state index contributed by atoms with van der Waals surface area (Å²) in [7, 11) is -4.10. The fourth-order valence-electron chi connectivity index (χ4n) is 4.38. The molecule has 3 aromatic rings. The molecule has 0 fully saturated rings. The standard InChI is InChI=1S/C32H41N3O4S2/c1-8-29(31(37)33-32(4,5)6)34(21-25-13-9-23(2)10-14-25)30(36)22-35(26-15-11-24(3)12-16-26)41(38,39)28-19-17-27(40-7)18-20-28/h9-20,29H,8,21-22H2,1-7H3,(H,33,37)/t29-/m0/s1. The van der Waals surface area contributed by atoms with E-state index in [1.807, 2.05) is 84.2 Å². The van der Waals surface area contributed by atoms with Crippen molar-refractivity contribution in [2.45, 2.75) is 75.9 Å². The number of amides is 2. The number of sulfonamides is 1. The summed E-state index contributed by atoms with van der Waals surface area (Å²) in [5.74, 6) is -0.746. The molecule has 0 bridgehead atoms. The summed E-state index contributed by atoms with van der Waals surface area (Å²) >= 11 is 1.52. The zero-order valence-corrected chi connectivity index (χ0v) is 26.6. The van der Waals surface area contributed by atoms with Crippen LogP contribution in [0.1, 0.15) is 50.8 Å². The number of carbonyl (C=O) groups is 2. The highest BCUT2D eigenvalue weighted by Crippen LogP contribution is 2.27. The van der Waals surface area contributed by atoms with Crippen LogP contribution in [0.25, 0.3) is 0 Å². The minimum absolute atomic E-state index is 0.0891. The van der Waals surface area contributed by atoms with Crippen molar-refractivity contribution in [2.24, 2.45) is 0 Å². The third-order valence-electron chi connectivity index (χ3n) is 6.61. The molecule has 9 heteroatoms. The van der Waals surface area contributed by atoms with Crippen molar-refractivity contribution in [3.05, 3.63) is 89.5 Å². The average Bonchev–Trinajstić information content (AvgIpc) is 2.92. The first-order valence-corrected chi connectivity index (χ1v) is 16.3. The second-order valence-electron chi connectivity index (χ2n) is 11.2. The molecule has 0 saturated heterocycles. The first kappa shape index (κ1) is 32.2. The van der Waals surface area contributed by atoms with Crippen molar-refractivity contribution in [3.8, 4) is 0 Å². The van der Waals surface area contributed by atoms with Crippen LogP contribution in [0.15, 0.2) is 82.6 Å². The minimum atomic E-state index is -4.10. The normalized spacial score (nSPS) is 12.5. The maximum absolute atomic E-state index is 14.2. The molecule has 0 aliphatic rings. The smallest absolute Gasteiger partial charge is 0.264 e. The van der Waals surface area contributed by atoms with Gasteiger partial charge >= 0.3 is 0 Å². The van der Waals surface area contributed by atoms with Gasteiger partial charge in [-0.1, -0.05) is 54.4 Å². The van der Waals surface area contributed by atoms with E-state index in [1.54, 1.807) is 36.4 Å². The number of hydrogen-bond donors (Lipinski definition) is 1. The Bertz CT molecular complexity index is 1430. The predicted octanol–water partition coefficient (Wildman–Crippen LogP) is 5.94. The van der Waals surface area contributed by atoms with Gasteiger partial charge < -0.3 is 10.2 Å². The van der Waals surface area contributed by atoms with Crippen molar-refractivity contribution in [1.29, 1.82) is 0 Å². The van der Waals surface area contributed by atoms with Gasteiger partial charge in [-0.15, -0.1) is 11.8 Å². The number of hydrogen-bond acceptors (Lipinski definition) is 5. The highest BCUT2D eigenvalue weighted by Gasteiger charge is 2.34. The van der Waals surface area contributed by atoms with E-state index in [-0.39, 0.29) is 17.3 Å². The molecule has 0 aliphatic carbocycles. The van der Waals surface area contributed by atoms with Crippen LogP contribution in [0.2, 0.25) is 0 Å². The molecule has 220 valence electrons. The fourth-order valence-corrected chi connectivity index (χ4v) is 6.20. The second kappa shape index (κ2) is 13.6. The average molecular weight is 596 g/mol. The Morgan fingerprint density at radius 3 is 1.90 bits per heavy atom. The lowest BCUT2D eigenvalue weighted by molar-refractivity contribution is -0.141. The third-order valence-corrected chi connectivity index (χ3v) is 9.14. The molecule has 0 unspecified atom stereocenters. The molecule has 0 aliphatic heterocycles. The zero-order chi connectivity index (χ0) is 30.4. The van der Waals surface area contributed by atoms with Crippen LogP contribution in [0.4, 0.5) is 5.69 Å². The van der Waals surface area contributed by atoms with Gasteiger partial charge in [0, 0.05) is 17.0 Å². The Kier molecular flexibility index (Phi) is 10.7. The maximum atomic E-state index is 14.2. The number of aryl methyl sites for hydroxylation is 2. The minimum Gasteiger partial charge on any atom is -0.350 e. The summed E-state index contributed by atoms with van der Waals surface area (Å²) < 4.78 is 29.1. The molecule has 0 aromatic heterocycles. The van der Waals surface area contributed by atoms with Crippen molar-refractivity contribution in [1.82, 2.24) is 10.2 Å². The van der Waals surface area contributed by atoms with Crippen molar-refractivity contribution >= 4 is 39.3 Å². The van der Waals surface area contributed by atoms with E-state index in [0.29, 0.717) is 12.1 Å². The van der Waals surface area contributed by atoms with Crippen LogP contribution in [0.3, 0.4) is 0 Å². The molecule has 1 atom stereocenters. The zero-order valence-electron chi connectivity index (χ0n) is 25.0. The summed E-state index contributed by atoms with van der Waals surface area (Å²) in [6.07, 6.45) is 2.29. The van der Waals surface area contributed by atoms with Gasteiger partial charge in [0.05, 0.1) is 10.6 Å². The fraction of sp³-hybridized carbons (Fsp3) is 0.375. The molecular formula is C32H41N3O4S2. The molecular weight excluding hydrogens is 555 g/mol. The number of nitrogens with zero attached hydrogens (tertiary/aromatic N) is 2. The lowest BCUT2D eigenvalue weighted by Crippen LogP contribution is -2.55. The SMILES string of the molecule is CC[C@@H](C(=O)NC(C)(C)C)N(Cc1ccc(C)cc1)C(=O)CN(c1ccc(C)cc1)S(=O)(=O)c1ccc(SC)cc1. The van der Waals surface area contributed by atoms with Gasteiger partial charge in [0.15, 0.2) is 0 Å². The van der Waals surface area contributed by atoms with Gasteiger partial charge in [0.1, 0.15) is 12.6 Å². The van der Waals surface area contributed by atoms with Gasteiger partial charge in [0.2, 0.25) is 11.8 Å². The second-order valence-corrected chi connectivity index (χ2v) is 13.9. The van der Waals surface area contributed by atoms with Crippen LogP contribution in [-0.4, -0.2) is 49.5 Å². The van der Waals surface area contributed by atoms with E-state index < -0.39 is 34.1 Å². The topological polar surface area (TPSA) is 86.8 Å². The number of benzene rings is 3. The monoisotopic (exact) mass is 595 g/mol. The molecule has 0 saturated carbocycles. The largest absolute Gasteiger partial charge is 0.350 e. The molecule has 41 heavy (non-hydrogen) atoms. The summed E-state index contributed by atoms with van der Waals surface area (Å²) in [5.41, 5.74) is 2.77. The van der Waals surface area contributed by atoms with Gasteiger partial charge in [-0.3, -0.25) is 13.9 Å². The van der Waals surface area contributed by atoms with E-state index in [4.69, 9.17) is 0 Å². The van der Waals surface area contributed by atoms with E-state index in [1.165, 1.54) is 16.7 Å². The van der Waals surface area contributed by atoms with Crippen LogP contribution >= 0.6 is 11.8 Å². The van der Waals surface area contributed by atoms with Crippen molar-refractivity contribution < 1.29 is 18.0 Å². The van der Waals surface area contributed by atoms with Crippen LogP contribution in [0, 0.1) is 13.8 Å². The first-order chi connectivity index (χ1) is 19.2. The van der Waals surface area contributed by atoms with Gasteiger partial charge in [-0.05, 0) is 89.3 Å². The van der Waals surface area contributed by atoms with Crippen LogP contribution in [0.5, 0.6) is 0 Å². The van der Waals surface area contributed by atoms with Gasteiger partial charge in [-0.25, -0.2) is 8.42 Å². The highest BCUT2D eigenvalue weighted by atomic mass is 32.2. The first-order valence-electron chi connectivity index (χ1n) is 13.7. The van der Waals surface area contributed by atoms with Crippen LogP contribution in [-0.2, 0) is 26.2 Å². The third kappa shape index (κ3) is 8.60. The van der Waals surface area contributed by atoms with Gasteiger partial charge in [0.25, 0.3) is 10.0 Å².